The first-order valence-corrected chi connectivity index (χ1v) is 9.17. The molecule has 1 amide bonds. The third-order valence-corrected chi connectivity index (χ3v) is 4.71. The number of hydrogen-bond acceptors (Lipinski definition) is 5. The summed E-state index contributed by atoms with van der Waals surface area (Å²) in [5.41, 5.74) is 8.41. The number of nitrogen functional groups attached to an aromatic ring is 1. The lowest BCUT2D eigenvalue weighted by atomic mass is 10.1. The lowest BCUT2D eigenvalue weighted by Crippen LogP contribution is -2.24. The Morgan fingerprint density at radius 2 is 2.07 bits per heavy atom. The number of anilines is 1. The van der Waals surface area contributed by atoms with Crippen LogP contribution in [0, 0.1) is 0 Å². The Bertz CT molecular complexity index is 874. The molecular weight excluding hydrogens is 403 g/mol. The predicted molar refractivity (Wildman–Crippen MR) is 112 cm³/mol. The molecule has 0 aliphatic carbocycles. The Kier molecular flexibility index (Phi) is 7.27. The molecule has 0 fully saturated rings. The van der Waals surface area contributed by atoms with Crippen LogP contribution in [0.5, 0.6) is 17.2 Å². The SMILES string of the molecule is CCOc1cc2c(cc1CNC(=O)c1cc(Cl)c(N)cc1OC)OC(C)C2.Cl. The average Bonchev–Trinajstić information content (AvgIpc) is 3.00. The Hall–Kier alpha value is -2.31. The molecule has 0 spiro atoms. The lowest BCUT2D eigenvalue weighted by molar-refractivity contribution is 0.0947. The molecule has 1 aliphatic rings. The number of ether oxygens (including phenoxy) is 3. The molecule has 3 rings (SSSR count). The Morgan fingerprint density at radius 3 is 2.75 bits per heavy atom. The molecule has 1 unspecified atom stereocenters. The van der Waals surface area contributed by atoms with Crippen LogP contribution in [0.3, 0.4) is 0 Å². The maximum absolute atomic E-state index is 12.7. The van der Waals surface area contributed by atoms with Crippen molar-refractivity contribution in [2.24, 2.45) is 0 Å². The van der Waals surface area contributed by atoms with E-state index in [2.05, 4.69) is 5.32 Å². The summed E-state index contributed by atoms with van der Waals surface area (Å²) in [6.07, 6.45) is 0.990. The second-order valence-electron chi connectivity index (χ2n) is 6.39. The number of rotatable bonds is 6. The first-order chi connectivity index (χ1) is 12.9. The number of carbonyl (C=O) groups is 1. The molecule has 2 aromatic rings. The second kappa shape index (κ2) is 9.26. The zero-order chi connectivity index (χ0) is 19.6. The molecular formula is C20H24Cl2N2O4. The Labute approximate surface area is 175 Å². The van der Waals surface area contributed by atoms with Gasteiger partial charge in [-0.2, -0.15) is 0 Å². The minimum atomic E-state index is -0.314. The smallest absolute Gasteiger partial charge is 0.255 e. The summed E-state index contributed by atoms with van der Waals surface area (Å²) in [6, 6.07) is 6.96. The fraction of sp³-hybridized carbons (Fsp3) is 0.350. The van der Waals surface area contributed by atoms with E-state index in [0.29, 0.717) is 28.6 Å². The van der Waals surface area contributed by atoms with Crippen molar-refractivity contribution in [2.45, 2.75) is 32.9 Å². The number of halogens is 2. The van der Waals surface area contributed by atoms with E-state index < -0.39 is 0 Å². The van der Waals surface area contributed by atoms with E-state index in [-0.39, 0.29) is 31.0 Å². The molecule has 1 aliphatic heterocycles. The fourth-order valence-corrected chi connectivity index (χ4v) is 3.26. The van der Waals surface area contributed by atoms with Gasteiger partial charge in [-0.15, -0.1) is 12.4 Å². The van der Waals surface area contributed by atoms with Gasteiger partial charge in [0.15, 0.2) is 0 Å². The highest BCUT2D eigenvalue weighted by Gasteiger charge is 2.22. The van der Waals surface area contributed by atoms with Crippen molar-refractivity contribution in [1.82, 2.24) is 5.32 Å². The van der Waals surface area contributed by atoms with Crippen molar-refractivity contribution in [3.05, 3.63) is 46.0 Å². The van der Waals surface area contributed by atoms with Gasteiger partial charge in [-0.25, -0.2) is 0 Å². The molecule has 0 saturated carbocycles. The van der Waals surface area contributed by atoms with Crippen LogP contribution < -0.4 is 25.3 Å². The van der Waals surface area contributed by atoms with Gasteiger partial charge in [-0.05, 0) is 32.0 Å². The lowest BCUT2D eigenvalue weighted by Gasteiger charge is -2.14. The topological polar surface area (TPSA) is 82.8 Å². The number of carbonyl (C=O) groups excluding carboxylic acids is 1. The van der Waals surface area contributed by atoms with Gasteiger partial charge in [0.05, 0.1) is 30.0 Å². The summed E-state index contributed by atoms with van der Waals surface area (Å²) in [5, 5.41) is 3.19. The van der Waals surface area contributed by atoms with Crippen molar-refractivity contribution in [3.8, 4) is 17.2 Å². The third kappa shape index (κ3) is 4.56. The van der Waals surface area contributed by atoms with E-state index >= 15 is 0 Å². The maximum atomic E-state index is 12.7. The van der Waals surface area contributed by atoms with E-state index in [9.17, 15) is 4.79 Å². The summed E-state index contributed by atoms with van der Waals surface area (Å²) < 4.78 is 16.8. The predicted octanol–water partition coefficient (Wildman–Crippen LogP) is 4.00. The monoisotopic (exact) mass is 426 g/mol. The second-order valence-corrected chi connectivity index (χ2v) is 6.80. The van der Waals surface area contributed by atoms with Gasteiger partial charge in [0.1, 0.15) is 23.4 Å². The van der Waals surface area contributed by atoms with Crippen molar-refractivity contribution < 1.29 is 19.0 Å². The quantitative estimate of drug-likeness (QED) is 0.681. The van der Waals surface area contributed by atoms with Crippen LogP contribution in [-0.2, 0) is 13.0 Å². The molecule has 3 N–H and O–H groups in total. The standard InChI is InChI=1S/C20H23ClN2O4.ClH/c1-4-26-17-6-12-5-11(2)27-18(12)7-13(17)10-23-20(24)14-8-15(21)16(22)9-19(14)25-3;/h6-9,11H,4-5,10,22H2,1-3H3,(H,23,24);1H. The minimum Gasteiger partial charge on any atom is -0.496 e. The first kappa shape index (κ1) is 22.0. The number of benzene rings is 2. The van der Waals surface area contributed by atoms with E-state index in [1.807, 2.05) is 26.0 Å². The largest absolute Gasteiger partial charge is 0.496 e. The maximum Gasteiger partial charge on any atom is 0.255 e. The number of fused-ring (bicyclic) bond motifs is 1. The average molecular weight is 427 g/mol. The van der Waals surface area contributed by atoms with Crippen LogP contribution in [0.15, 0.2) is 24.3 Å². The van der Waals surface area contributed by atoms with Crippen molar-refractivity contribution in [3.63, 3.8) is 0 Å². The molecule has 1 heterocycles. The molecule has 152 valence electrons. The van der Waals surface area contributed by atoms with Crippen molar-refractivity contribution >= 4 is 35.6 Å². The van der Waals surface area contributed by atoms with E-state index in [0.717, 1.165) is 29.0 Å². The van der Waals surface area contributed by atoms with Crippen LogP contribution in [0.25, 0.3) is 0 Å². The van der Waals surface area contributed by atoms with Crippen LogP contribution in [-0.4, -0.2) is 25.7 Å². The van der Waals surface area contributed by atoms with Crippen molar-refractivity contribution in [1.29, 1.82) is 0 Å². The summed E-state index contributed by atoms with van der Waals surface area (Å²) >= 11 is 6.05. The van der Waals surface area contributed by atoms with Crippen LogP contribution in [0.2, 0.25) is 5.02 Å². The summed E-state index contributed by atoms with van der Waals surface area (Å²) in [6.45, 7) is 4.77. The van der Waals surface area contributed by atoms with Gasteiger partial charge in [-0.3, -0.25) is 4.79 Å². The molecule has 28 heavy (non-hydrogen) atoms. The van der Waals surface area contributed by atoms with Gasteiger partial charge in [0.2, 0.25) is 0 Å². The van der Waals surface area contributed by atoms with E-state index in [1.165, 1.54) is 19.2 Å². The summed E-state index contributed by atoms with van der Waals surface area (Å²) in [4.78, 5) is 12.7. The highest BCUT2D eigenvalue weighted by molar-refractivity contribution is 6.33. The van der Waals surface area contributed by atoms with Gasteiger partial charge < -0.3 is 25.3 Å². The molecule has 8 heteroatoms. The zero-order valence-corrected chi connectivity index (χ0v) is 17.6. The molecule has 6 nitrogen and oxygen atoms in total. The highest BCUT2D eigenvalue weighted by Crippen LogP contribution is 2.35. The van der Waals surface area contributed by atoms with Gasteiger partial charge in [0.25, 0.3) is 5.91 Å². The normalized spacial score (nSPS) is 14.5. The van der Waals surface area contributed by atoms with Gasteiger partial charge >= 0.3 is 0 Å². The number of nitrogens with two attached hydrogens (primary N) is 1. The van der Waals surface area contributed by atoms with E-state index in [1.54, 1.807) is 0 Å². The van der Waals surface area contributed by atoms with E-state index in [4.69, 9.17) is 31.5 Å². The molecule has 1 atom stereocenters. The first-order valence-electron chi connectivity index (χ1n) is 8.79. The fourth-order valence-electron chi connectivity index (χ4n) is 3.10. The molecule has 0 bridgehead atoms. The Morgan fingerprint density at radius 1 is 1.32 bits per heavy atom. The molecule has 0 saturated heterocycles. The van der Waals surface area contributed by atoms with Crippen LogP contribution in [0.1, 0.15) is 35.3 Å². The van der Waals surface area contributed by atoms with Crippen LogP contribution >= 0.6 is 24.0 Å². The van der Waals surface area contributed by atoms with Gasteiger partial charge in [-0.1, -0.05) is 11.6 Å². The molecule has 0 radical (unpaired) electrons. The van der Waals surface area contributed by atoms with Crippen molar-refractivity contribution in [2.75, 3.05) is 19.5 Å². The summed E-state index contributed by atoms with van der Waals surface area (Å²) in [7, 11) is 1.48. The van der Waals surface area contributed by atoms with Gasteiger partial charge in [0, 0.05) is 30.2 Å². The Balaban J connectivity index is 0.00000280. The number of methoxy groups -OCH3 is 1. The molecule has 2 aromatic carbocycles. The molecule has 0 aromatic heterocycles. The third-order valence-electron chi connectivity index (χ3n) is 4.38. The van der Waals surface area contributed by atoms with Crippen LogP contribution in [0.4, 0.5) is 5.69 Å². The summed E-state index contributed by atoms with van der Waals surface area (Å²) in [5.74, 6) is 1.64. The zero-order valence-electron chi connectivity index (χ0n) is 16.0. The highest BCUT2D eigenvalue weighted by atomic mass is 35.5. The minimum absolute atomic E-state index is 0. The number of amides is 1. The number of hydrogen-bond donors (Lipinski definition) is 2. The number of nitrogens with one attached hydrogen (secondary N) is 1.